The van der Waals surface area contributed by atoms with Gasteiger partial charge in [-0.05, 0) is 29.8 Å². The maximum absolute atomic E-state index is 13.7. The molecule has 24 heavy (non-hydrogen) atoms. The molecule has 0 fully saturated rings. The minimum atomic E-state index is -1.28. The summed E-state index contributed by atoms with van der Waals surface area (Å²) in [6, 6.07) is 8.72. The van der Waals surface area contributed by atoms with Crippen molar-refractivity contribution in [3.05, 3.63) is 65.2 Å². The molecule has 2 N–H and O–H groups in total. The lowest BCUT2D eigenvalue weighted by molar-refractivity contribution is -0.137. The third-order valence-electron chi connectivity index (χ3n) is 3.40. The fourth-order valence-electron chi connectivity index (χ4n) is 2.18. The first kappa shape index (κ1) is 17.4. The zero-order valence-corrected chi connectivity index (χ0v) is 12.8. The van der Waals surface area contributed by atoms with Crippen molar-refractivity contribution in [1.29, 1.82) is 0 Å². The van der Waals surface area contributed by atoms with E-state index in [1.165, 1.54) is 13.2 Å². The van der Waals surface area contributed by atoms with Crippen molar-refractivity contribution in [2.45, 2.75) is 12.5 Å². The van der Waals surface area contributed by atoms with Gasteiger partial charge in [-0.15, -0.1) is 0 Å². The number of halogens is 2. The van der Waals surface area contributed by atoms with E-state index in [1.807, 2.05) is 0 Å². The van der Waals surface area contributed by atoms with E-state index in [-0.39, 0.29) is 0 Å². The molecule has 1 amide bonds. The number of benzene rings is 2. The quantitative estimate of drug-likeness (QED) is 0.851. The maximum atomic E-state index is 13.7. The summed E-state index contributed by atoms with van der Waals surface area (Å²) in [5.41, 5.74) is 0.0160. The highest BCUT2D eigenvalue weighted by Gasteiger charge is 2.22. The fraction of sp³-hybridized carbons (Fsp3) is 0.176. The number of hydrogen-bond donors (Lipinski definition) is 2. The summed E-state index contributed by atoms with van der Waals surface area (Å²) in [4.78, 5) is 23.2. The molecule has 0 saturated carbocycles. The van der Waals surface area contributed by atoms with Gasteiger partial charge >= 0.3 is 5.97 Å². The van der Waals surface area contributed by atoms with Crippen LogP contribution in [0.25, 0.3) is 0 Å². The molecule has 0 aliphatic carbocycles. The van der Waals surface area contributed by atoms with Gasteiger partial charge in [0.15, 0.2) is 11.6 Å². The highest BCUT2D eigenvalue weighted by Crippen LogP contribution is 2.21. The van der Waals surface area contributed by atoms with E-state index in [0.29, 0.717) is 11.3 Å². The molecule has 0 bridgehead atoms. The molecule has 5 nitrogen and oxygen atoms in total. The Morgan fingerprint density at radius 3 is 2.42 bits per heavy atom. The fourth-order valence-corrected chi connectivity index (χ4v) is 2.18. The number of nitrogens with one attached hydrogen (secondary N) is 1. The van der Waals surface area contributed by atoms with E-state index >= 15 is 0 Å². The van der Waals surface area contributed by atoms with Crippen LogP contribution in [0.1, 0.15) is 28.4 Å². The summed E-state index contributed by atoms with van der Waals surface area (Å²) in [5.74, 6) is -3.90. The van der Waals surface area contributed by atoms with E-state index in [1.54, 1.807) is 24.3 Å². The third-order valence-corrected chi connectivity index (χ3v) is 3.40. The minimum absolute atomic E-state index is 0.408. The van der Waals surface area contributed by atoms with Gasteiger partial charge in [0.25, 0.3) is 5.91 Å². The van der Waals surface area contributed by atoms with E-state index in [0.717, 1.165) is 12.1 Å². The van der Waals surface area contributed by atoms with Crippen LogP contribution in [0.15, 0.2) is 42.5 Å². The maximum Gasteiger partial charge on any atom is 0.305 e. The van der Waals surface area contributed by atoms with Crippen LogP contribution >= 0.6 is 0 Å². The lowest BCUT2D eigenvalue weighted by atomic mass is 10.0. The molecule has 2 rings (SSSR count). The summed E-state index contributed by atoms with van der Waals surface area (Å²) in [6.45, 7) is 0. The minimum Gasteiger partial charge on any atom is -0.497 e. The summed E-state index contributed by atoms with van der Waals surface area (Å²) >= 11 is 0. The van der Waals surface area contributed by atoms with Gasteiger partial charge in [-0.3, -0.25) is 9.59 Å². The largest absolute Gasteiger partial charge is 0.497 e. The molecule has 0 saturated heterocycles. The van der Waals surface area contributed by atoms with Crippen LogP contribution in [0.5, 0.6) is 5.75 Å². The van der Waals surface area contributed by atoms with Crippen molar-refractivity contribution in [2.24, 2.45) is 0 Å². The predicted molar refractivity (Wildman–Crippen MR) is 81.8 cm³/mol. The Labute approximate surface area is 136 Å². The molecule has 126 valence electrons. The number of rotatable bonds is 6. The second kappa shape index (κ2) is 7.54. The number of amides is 1. The monoisotopic (exact) mass is 335 g/mol. The molecule has 0 aliphatic heterocycles. The summed E-state index contributed by atoms with van der Waals surface area (Å²) < 4.78 is 31.9. The van der Waals surface area contributed by atoms with E-state index < -0.39 is 41.5 Å². The lowest BCUT2D eigenvalue weighted by Crippen LogP contribution is -2.31. The Balaban J connectivity index is 2.26. The first-order chi connectivity index (χ1) is 11.4. The standard InChI is InChI=1S/C17H15F2NO4/c1-24-11-7-5-10(6-8-11)14(9-15(21)22)20-17(23)12-3-2-4-13(18)16(12)19/h2-8,14H,9H2,1H3,(H,20,23)(H,21,22)/t14-/m0/s1. The average molecular weight is 335 g/mol. The third kappa shape index (κ3) is 4.07. The van der Waals surface area contributed by atoms with Crippen molar-refractivity contribution in [3.8, 4) is 5.75 Å². The zero-order chi connectivity index (χ0) is 17.7. The van der Waals surface area contributed by atoms with Gasteiger partial charge in [-0.1, -0.05) is 18.2 Å². The van der Waals surface area contributed by atoms with Gasteiger partial charge in [0, 0.05) is 0 Å². The van der Waals surface area contributed by atoms with Crippen molar-refractivity contribution in [2.75, 3.05) is 7.11 Å². The topological polar surface area (TPSA) is 75.6 Å². The Morgan fingerprint density at radius 1 is 1.17 bits per heavy atom. The second-order valence-electron chi connectivity index (χ2n) is 5.00. The summed E-state index contributed by atoms with van der Waals surface area (Å²) in [7, 11) is 1.48. The van der Waals surface area contributed by atoms with Gasteiger partial charge in [0.05, 0.1) is 25.1 Å². The number of aliphatic carboxylic acids is 1. The van der Waals surface area contributed by atoms with Gasteiger partial charge in [-0.2, -0.15) is 0 Å². The molecule has 0 heterocycles. The van der Waals surface area contributed by atoms with Crippen molar-refractivity contribution >= 4 is 11.9 Å². The van der Waals surface area contributed by atoms with Crippen LogP contribution in [0, 0.1) is 11.6 Å². The number of carboxylic acids is 1. The molecule has 0 spiro atoms. The SMILES string of the molecule is COc1ccc([C@H](CC(=O)O)NC(=O)c2cccc(F)c2F)cc1. The summed E-state index contributed by atoms with van der Waals surface area (Å²) in [5, 5.41) is 11.4. The van der Waals surface area contributed by atoms with E-state index in [2.05, 4.69) is 5.32 Å². The molecular weight excluding hydrogens is 320 g/mol. The van der Waals surface area contributed by atoms with Crippen LogP contribution in [-0.2, 0) is 4.79 Å². The number of methoxy groups -OCH3 is 1. The summed E-state index contributed by atoms with van der Waals surface area (Å²) in [6.07, 6.45) is -0.408. The molecule has 7 heteroatoms. The normalized spacial score (nSPS) is 11.6. The molecule has 2 aromatic carbocycles. The Bertz CT molecular complexity index is 747. The van der Waals surface area contributed by atoms with Crippen molar-refractivity contribution in [1.82, 2.24) is 5.32 Å². The van der Waals surface area contributed by atoms with E-state index in [4.69, 9.17) is 9.84 Å². The van der Waals surface area contributed by atoms with Crippen molar-refractivity contribution < 1.29 is 28.2 Å². The van der Waals surface area contributed by atoms with Crippen LogP contribution in [0.2, 0.25) is 0 Å². The Kier molecular flexibility index (Phi) is 5.47. The molecule has 1 atom stereocenters. The highest BCUT2D eigenvalue weighted by molar-refractivity contribution is 5.95. The van der Waals surface area contributed by atoms with Gasteiger partial charge < -0.3 is 15.2 Å². The van der Waals surface area contributed by atoms with Crippen LogP contribution < -0.4 is 10.1 Å². The van der Waals surface area contributed by atoms with Crippen LogP contribution in [0.4, 0.5) is 8.78 Å². The Hall–Kier alpha value is -2.96. The van der Waals surface area contributed by atoms with Gasteiger partial charge in [0.1, 0.15) is 5.75 Å². The smallest absolute Gasteiger partial charge is 0.305 e. The van der Waals surface area contributed by atoms with Gasteiger partial charge in [-0.25, -0.2) is 8.78 Å². The zero-order valence-electron chi connectivity index (χ0n) is 12.8. The molecule has 0 aliphatic rings. The first-order valence-electron chi connectivity index (χ1n) is 7.03. The van der Waals surface area contributed by atoms with Crippen LogP contribution in [-0.4, -0.2) is 24.1 Å². The van der Waals surface area contributed by atoms with E-state index in [9.17, 15) is 18.4 Å². The van der Waals surface area contributed by atoms with Crippen molar-refractivity contribution in [3.63, 3.8) is 0 Å². The molecule has 2 aromatic rings. The van der Waals surface area contributed by atoms with Gasteiger partial charge in [0.2, 0.25) is 0 Å². The number of carbonyl (C=O) groups excluding carboxylic acids is 1. The highest BCUT2D eigenvalue weighted by atomic mass is 19.2. The second-order valence-corrected chi connectivity index (χ2v) is 5.00. The molecular formula is C17H15F2NO4. The molecule has 0 aromatic heterocycles. The number of ether oxygens (including phenoxy) is 1. The number of carboxylic acid groups (broad SMARTS) is 1. The Morgan fingerprint density at radius 2 is 1.83 bits per heavy atom. The molecule has 0 radical (unpaired) electrons. The first-order valence-corrected chi connectivity index (χ1v) is 7.03. The molecule has 0 unspecified atom stereocenters. The average Bonchev–Trinajstić information content (AvgIpc) is 2.56. The van der Waals surface area contributed by atoms with Crippen LogP contribution in [0.3, 0.4) is 0 Å². The number of hydrogen-bond acceptors (Lipinski definition) is 3. The lowest BCUT2D eigenvalue weighted by Gasteiger charge is -2.18. The number of carbonyl (C=O) groups is 2. The predicted octanol–water partition coefficient (Wildman–Crippen LogP) is 2.92.